The molecule has 1 amide bonds. The molecule has 0 aliphatic heterocycles. The molecule has 2 aromatic carbocycles. The number of benzene rings is 2. The molecule has 0 spiro atoms. The Morgan fingerprint density at radius 3 is 2.38 bits per heavy atom. The Morgan fingerprint density at radius 1 is 1.09 bits per heavy atom. The summed E-state index contributed by atoms with van der Waals surface area (Å²) < 4.78 is 6.61. The molecule has 0 unspecified atom stereocenters. The summed E-state index contributed by atoms with van der Waals surface area (Å²) in [5, 5.41) is 12.3. The largest absolute Gasteiger partial charge is 0.478 e. The van der Waals surface area contributed by atoms with Gasteiger partial charge in [-0.05, 0) is 18.1 Å². The monoisotopic (exact) mass is 483 g/mol. The number of unbranched alkanes of at least 4 members (excludes halogenated alkanes) is 1. The Morgan fingerprint density at radius 2 is 1.76 bits per heavy atom. The maximum absolute atomic E-state index is 12.9. The number of halogens is 1. The highest BCUT2D eigenvalue weighted by Crippen LogP contribution is 2.22. The second-order valence-electron chi connectivity index (χ2n) is 7.68. The molecule has 0 bridgehead atoms. The van der Waals surface area contributed by atoms with Gasteiger partial charge < -0.3 is 19.7 Å². The third-order valence-corrected chi connectivity index (χ3v) is 5.70. The van der Waals surface area contributed by atoms with Crippen LogP contribution >= 0.6 is 11.6 Å². The van der Waals surface area contributed by atoms with Crippen LogP contribution in [0.25, 0.3) is 0 Å². The molecule has 34 heavy (non-hydrogen) atoms. The normalized spacial score (nSPS) is 10.7. The third kappa shape index (κ3) is 5.82. The minimum Gasteiger partial charge on any atom is -0.478 e. The lowest BCUT2D eigenvalue weighted by atomic mass is 9.97. The molecule has 0 saturated carbocycles. The van der Waals surface area contributed by atoms with E-state index in [4.69, 9.17) is 11.6 Å². The van der Waals surface area contributed by atoms with E-state index >= 15 is 0 Å². The summed E-state index contributed by atoms with van der Waals surface area (Å²) in [6.07, 6.45) is 2.10. The van der Waals surface area contributed by atoms with Gasteiger partial charge in [0.05, 0.1) is 24.9 Å². The lowest BCUT2D eigenvalue weighted by molar-refractivity contribution is 0.0692. The van der Waals surface area contributed by atoms with Gasteiger partial charge in [0.25, 0.3) is 0 Å². The minimum absolute atomic E-state index is 0.0343. The highest BCUT2D eigenvalue weighted by atomic mass is 35.5. The molecule has 178 valence electrons. The molecule has 3 aromatic rings. The van der Waals surface area contributed by atoms with Crippen molar-refractivity contribution in [1.82, 2.24) is 14.9 Å². The zero-order valence-corrected chi connectivity index (χ0v) is 19.8. The van der Waals surface area contributed by atoms with Gasteiger partial charge in [-0.3, -0.25) is 4.79 Å². The van der Waals surface area contributed by atoms with E-state index in [1.807, 2.05) is 16.7 Å². The fourth-order valence-electron chi connectivity index (χ4n) is 3.58. The third-order valence-electron chi connectivity index (χ3n) is 5.40. The van der Waals surface area contributed by atoms with Crippen molar-refractivity contribution in [2.45, 2.75) is 39.3 Å². The zero-order valence-electron chi connectivity index (χ0n) is 19.0. The number of nitrogens with one attached hydrogen (secondary N) is 1. The number of carbonyl (C=O) groups is 3. The Hall–Kier alpha value is -3.65. The fraction of sp³-hybridized carbons (Fsp3) is 0.280. The summed E-state index contributed by atoms with van der Waals surface area (Å²) in [7, 11) is 1.29. The lowest BCUT2D eigenvalue weighted by Gasteiger charge is -2.13. The molecule has 0 aliphatic rings. The van der Waals surface area contributed by atoms with Crippen LogP contribution in [-0.4, -0.2) is 39.6 Å². The van der Waals surface area contributed by atoms with Gasteiger partial charge in [0.15, 0.2) is 10.9 Å². The van der Waals surface area contributed by atoms with E-state index in [1.165, 1.54) is 19.2 Å². The Kier molecular flexibility index (Phi) is 8.43. The number of aryl methyl sites for hydroxylation is 1. The number of methoxy groups -OCH3 is 1. The number of carboxylic acid groups (broad SMARTS) is 1. The minimum atomic E-state index is -1.15. The Labute approximate surface area is 202 Å². The van der Waals surface area contributed by atoms with Crippen LogP contribution in [0.3, 0.4) is 0 Å². The summed E-state index contributed by atoms with van der Waals surface area (Å²) in [5.74, 6) is -0.698. The number of nitrogens with zero attached hydrogens (tertiary/aromatic N) is 2. The fourth-order valence-corrected chi connectivity index (χ4v) is 3.85. The van der Waals surface area contributed by atoms with E-state index in [0.29, 0.717) is 23.0 Å². The summed E-state index contributed by atoms with van der Waals surface area (Å²) in [4.78, 5) is 40.4. The molecule has 0 aliphatic carbocycles. The predicted molar refractivity (Wildman–Crippen MR) is 127 cm³/mol. The average Bonchev–Trinajstić information content (AvgIpc) is 3.14. The van der Waals surface area contributed by atoms with Crippen molar-refractivity contribution in [3.05, 3.63) is 87.5 Å². The van der Waals surface area contributed by atoms with Crippen LogP contribution in [0.4, 0.5) is 4.79 Å². The number of ether oxygens (including phenoxy) is 1. The van der Waals surface area contributed by atoms with Crippen molar-refractivity contribution in [2.75, 3.05) is 7.11 Å². The number of carboxylic acids is 1. The molecular formula is C25H26ClN3O5. The summed E-state index contributed by atoms with van der Waals surface area (Å²) in [6.45, 7) is 2.69. The number of rotatable bonds is 10. The summed E-state index contributed by atoms with van der Waals surface area (Å²) >= 11 is 6.38. The standard InChI is InChI=1S/C25H26ClN3O5/c1-3-4-9-21-28-23(26)20(14-27-25(33)34-2)29(21)15-16-10-12-17(13-11-16)22(30)18-7-5-6-8-19(18)24(31)32/h5-8,10-13H,3-4,9,14-15H2,1-2H3,(H,27,33)(H,31,32). The highest BCUT2D eigenvalue weighted by molar-refractivity contribution is 6.30. The van der Waals surface area contributed by atoms with Crippen molar-refractivity contribution in [3.63, 3.8) is 0 Å². The van der Waals surface area contributed by atoms with Crippen LogP contribution in [0.2, 0.25) is 5.15 Å². The molecule has 3 rings (SSSR count). The molecule has 8 nitrogen and oxygen atoms in total. The quantitative estimate of drug-likeness (QED) is 0.404. The first-order chi connectivity index (χ1) is 16.3. The van der Waals surface area contributed by atoms with Crippen LogP contribution in [0, 0.1) is 0 Å². The first-order valence-electron chi connectivity index (χ1n) is 10.9. The van der Waals surface area contributed by atoms with Crippen LogP contribution in [0.15, 0.2) is 48.5 Å². The molecule has 0 saturated heterocycles. The maximum atomic E-state index is 12.9. The van der Waals surface area contributed by atoms with Crippen LogP contribution in [0.5, 0.6) is 0 Å². The number of carbonyl (C=O) groups excluding carboxylic acids is 2. The van der Waals surface area contributed by atoms with E-state index < -0.39 is 12.1 Å². The number of hydrogen-bond donors (Lipinski definition) is 2. The average molecular weight is 484 g/mol. The maximum Gasteiger partial charge on any atom is 0.407 e. The van der Waals surface area contributed by atoms with Gasteiger partial charge in [0.1, 0.15) is 5.82 Å². The molecular weight excluding hydrogens is 458 g/mol. The Bertz CT molecular complexity index is 1190. The van der Waals surface area contributed by atoms with E-state index in [1.54, 1.807) is 24.3 Å². The number of ketones is 1. The number of aromatic nitrogens is 2. The molecule has 1 aromatic heterocycles. The molecule has 1 heterocycles. The van der Waals surface area contributed by atoms with Crippen molar-refractivity contribution in [1.29, 1.82) is 0 Å². The molecule has 0 atom stereocenters. The van der Waals surface area contributed by atoms with Gasteiger partial charge >= 0.3 is 12.1 Å². The predicted octanol–water partition coefficient (Wildman–Crippen LogP) is 4.71. The SMILES string of the molecule is CCCCc1nc(Cl)c(CNC(=O)OC)n1Cc1ccc(C(=O)c2ccccc2C(=O)O)cc1. The van der Waals surface area contributed by atoms with E-state index in [9.17, 15) is 19.5 Å². The van der Waals surface area contributed by atoms with Crippen molar-refractivity contribution >= 4 is 29.4 Å². The van der Waals surface area contributed by atoms with Gasteiger partial charge in [-0.15, -0.1) is 0 Å². The second kappa shape index (κ2) is 11.5. The van der Waals surface area contributed by atoms with Gasteiger partial charge in [0.2, 0.25) is 0 Å². The molecule has 9 heteroatoms. The molecule has 0 fully saturated rings. The first-order valence-corrected chi connectivity index (χ1v) is 11.2. The summed E-state index contributed by atoms with van der Waals surface area (Å²) in [5.41, 5.74) is 2.05. The number of hydrogen-bond acceptors (Lipinski definition) is 5. The van der Waals surface area contributed by atoms with E-state index in [0.717, 1.165) is 30.7 Å². The van der Waals surface area contributed by atoms with Crippen molar-refractivity contribution in [2.24, 2.45) is 0 Å². The van der Waals surface area contributed by atoms with Crippen molar-refractivity contribution < 1.29 is 24.2 Å². The van der Waals surface area contributed by atoms with Gasteiger partial charge in [-0.1, -0.05) is 67.4 Å². The van der Waals surface area contributed by atoms with Crippen LogP contribution < -0.4 is 5.32 Å². The Balaban J connectivity index is 1.86. The van der Waals surface area contributed by atoms with E-state index in [2.05, 4.69) is 22.0 Å². The van der Waals surface area contributed by atoms with Crippen LogP contribution in [0.1, 0.15) is 63.1 Å². The van der Waals surface area contributed by atoms with Crippen molar-refractivity contribution in [3.8, 4) is 0 Å². The molecule has 0 radical (unpaired) electrons. The van der Waals surface area contributed by atoms with Gasteiger partial charge in [0, 0.05) is 24.1 Å². The van der Waals surface area contributed by atoms with Gasteiger partial charge in [-0.25, -0.2) is 14.6 Å². The number of aromatic carboxylic acids is 1. The summed E-state index contributed by atoms with van der Waals surface area (Å²) in [6, 6.07) is 13.1. The number of alkyl carbamates (subject to hydrolysis) is 1. The molecule has 2 N–H and O–H groups in total. The lowest BCUT2D eigenvalue weighted by Crippen LogP contribution is -2.24. The highest BCUT2D eigenvalue weighted by Gasteiger charge is 2.19. The smallest absolute Gasteiger partial charge is 0.407 e. The number of amides is 1. The van der Waals surface area contributed by atoms with E-state index in [-0.39, 0.29) is 23.5 Å². The first kappa shape index (κ1) is 25.0. The topological polar surface area (TPSA) is 111 Å². The number of imidazole rings is 1. The second-order valence-corrected chi connectivity index (χ2v) is 8.04. The van der Waals surface area contributed by atoms with Gasteiger partial charge in [-0.2, -0.15) is 0 Å². The zero-order chi connectivity index (χ0) is 24.7. The van der Waals surface area contributed by atoms with Crippen LogP contribution in [-0.2, 0) is 24.2 Å².